The Labute approximate surface area is 158 Å². The molecule has 24 heavy (non-hydrogen) atoms. The van der Waals surface area contributed by atoms with Crippen molar-refractivity contribution >= 4 is 40.7 Å². The lowest BCUT2D eigenvalue weighted by molar-refractivity contribution is -0.900. The molecule has 0 aromatic heterocycles. The van der Waals surface area contributed by atoms with Crippen LogP contribution in [0.3, 0.4) is 0 Å². The molecule has 0 aliphatic carbocycles. The smallest absolute Gasteiger partial charge is 0.0949 e. The van der Waals surface area contributed by atoms with Gasteiger partial charge in [0.2, 0.25) is 0 Å². The summed E-state index contributed by atoms with van der Waals surface area (Å²) in [6.45, 7) is 5.89. The van der Waals surface area contributed by atoms with Crippen molar-refractivity contribution in [3.8, 4) is 0 Å². The first-order chi connectivity index (χ1) is 11.7. The van der Waals surface area contributed by atoms with Crippen molar-refractivity contribution in [1.29, 1.82) is 0 Å². The number of rotatable bonds is 6. The molecule has 1 aliphatic rings. The van der Waals surface area contributed by atoms with Crippen molar-refractivity contribution in [1.82, 2.24) is 0 Å². The minimum atomic E-state index is 0.807. The lowest BCUT2D eigenvalue weighted by Gasteiger charge is -2.33. The molecule has 0 atom stereocenters. The highest BCUT2D eigenvalue weighted by Crippen LogP contribution is 2.21. The minimum Gasteiger partial charge on any atom is -0.360 e. The second kappa shape index (κ2) is 9.00. The van der Waals surface area contributed by atoms with Gasteiger partial charge >= 0.3 is 0 Å². The van der Waals surface area contributed by atoms with Gasteiger partial charge in [-0.2, -0.15) is 0 Å². The van der Waals surface area contributed by atoms with Gasteiger partial charge in [-0.25, -0.2) is 0 Å². The third kappa shape index (κ3) is 5.32. The third-order valence-corrected chi connectivity index (χ3v) is 5.99. The van der Waals surface area contributed by atoms with Gasteiger partial charge in [-0.15, -0.1) is 11.8 Å². The Hall–Kier alpha value is -0.870. The van der Waals surface area contributed by atoms with E-state index in [0.717, 1.165) is 23.1 Å². The molecule has 1 heterocycles. The van der Waals surface area contributed by atoms with Crippen molar-refractivity contribution < 1.29 is 4.90 Å². The molecular formula is C19H23Cl2N2S+. The first-order valence-electron chi connectivity index (χ1n) is 8.43. The number of benzene rings is 2. The van der Waals surface area contributed by atoms with E-state index in [9.17, 15) is 0 Å². The Balaban J connectivity index is 1.36. The van der Waals surface area contributed by atoms with Gasteiger partial charge in [0.1, 0.15) is 0 Å². The van der Waals surface area contributed by atoms with E-state index >= 15 is 0 Å². The predicted molar refractivity (Wildman–Crippen MR) is 106 cm³/mol. The lowest BCUT2D eigenvalue weighted by atomic mass is 10.2. The summed E-state index contributed by atoms with van der Waals surface area (Å²) in [6.07, 6.45) is 1.25. The fraction of sp³-hybridized carbons (Fsp3) is 0.368. The number of hydrogen-bond acceptors (Lipinski definition) is 2. The van der Waals surface area contributed by atoms with Crippen LogP contribution in [-0.2, 0) is 0 Å². The van der Waals surface area contributed by atoms with Crippen molar-refractivity contribution in [3.05, 3.63) is 58.6 Å². The second-order valence-corrected chi connectivity index (χ2v) is 8.16. The Bertz CT molecular complexity index is 640. The van der Waals surface area contributed by atoms with E-state index in [1.165, 1.54) is 42.4 Å². The summed E-state index contributed by atoms with van der Waals surface area (Å²) in [5.41, 5.74) is 1.25. The van der Waals surface area contributed by atoms with Crippen LogP contribution in [-0.4, -0.2) is 38.5 Å². The molecule has 1 aliphatic heterocycles. The average Bonchev–Trinajstić information content (AvgIpc) is 2.61. The number of quaternary nitrogens is 1. The van der Waals surface area contributed by atoms with E-state index in [1.807, 2.05) is 36.0 Å². The summed E-state index contributed by atoms with van der Waals surface area (Å²) in [6, 6.07) is 16.3. The molecule has 2 aromatic carbocycles. The van der Waals surface area contributed by atoms with Crippen LogP contribution in [0.25, 0.3) is 0 Å². The zero-order valence-electron chi connectivity index (χ0n) is 13.7. The van der Waals surface area contributed by atoms with Crippen LogP contribution in [0.15, 0.2) is 53.4 Å². The Kier molecular flexibility index (Phi) is 6.73. The summed E-state index contributed by atoms with van der Waals surface area (Å²) in [5.74, 6) is 1.17. The second-order valence-electron chi connectivity index (χ2n) is 6.12. The van der Waals surface area contributed by atoms with Gasteiger partial charge in [0.25, 0.3) is 0 Å². The molecule has 1 saturated heterocycles. The number of thioether (sulfide) groups is 1. The molecule has 128 valence electrons. The first-order valence-corrected chi connectivity index (χ1v) is 10.2. The summed E-state index contributed by atoms with van der Waals surface area (Å²) >= 11 is 13.9. The van der Waals surface area contributed by atoms with Crippen LogP contribution < -0.4 is 9.80 Å². The first kappa shape index (κ1) is 17.9. The van der Waals surface area contributed by atoms with Crippen molar-refractivity contribution in [3.63, 3.8) is 0 Å². The number of anilines is 1. The SMILES string of the molecule is Clc1ccc(SCCC[NH+]2CCN(c3cccc(Cl)c3)CC2)cc1. The summed E-state index contributed by atoms with van der Waals surface area (Å²) in [4.78, 5) is 5.46. The number of nitrogens with one attached hydrogen (secondary N) is 1. The number of hydrogen-bond donors (Lipinski definition) is 1. The van der Waals surface area contributed by atoms with E-state index in [0.29, 0.717) is 0 Å². The Morgan fingerprint density at radius 2 is 1.71 bits per heavy atom. The molecule has 0 spiro atoms. The van der Waals surface area contributed by atoms with Crippen LogP contribution in [0.4, 0.5) is 5.69 Å². The maximum atomic E-state index is 6.09. The summed E-state index contributed by atoms with van der Waals surface area (Å²) in [7, 11) is 0. The standard InChI is InChI=1S/C19H22Cl2N2S/c20-16-5-7-19(8-6-16)24-14-2-9-22-10-12-23(13-11-22)18-4-1-3-17(21)15-18/h1,3-8,15H,2,9-14H2/p+1. The minimum absolute atomic E-state index is 0.807. The maximum absolute atomic E-state index is 6.09. The average molecular weight is 382 g/mol. The molecule has 0 unspecified atom stereocenters. The zero-order chi connectivity index (χ0) is 16.8. The summed E-state index contributed by atoms with van der Waals surface area (Å²) in [5, 5.41) is 1.63. The Morgan fingerprint density at radius 3 is 2.42 bits per heavy atom. The van der Waals surface area contributed by atoms with Gasteiger partial charge in [-0.3, -0.25) is 0 Å². The molecule has 1 fully saturated rings. The molecule has 2 nitrogen and oxygen atoms in total. The van der Waals surface area contributed by atoms with Crippen LogP contribution >= 0.6 is 35.0 Å². The van der Waals surface area contributed by atoms with E-state index in [1.54, 1.807) is 4.90 Å². The summed E-state index contributed by atoms with van der Waals surface area (Å²) < 4.78 is 0. The van der Waals surface area contributed by atoms with Crippen molar-refractivity contribution in [2.75, 3.05) is 43.4 Å². The Morgan fingerprint density at radius 1 is 0.958 bits per heavy atom. The largest absolute Gasteiger partial charge is 0.360 e. The highest BCUT2D eigenvalue weighted by molar-refractivity contribution is 7.99. The topological polar surface area (TPSA) is 7.68 Å². The molecule has 0 amide bonds. The van der Waals surface area contributed by atoms with Crippen LogP contribution in [0.1, 0.15) is 6.42 Å². The van der Waals surface area contributed by atoms with E-state index < -0.39 is 0 Å². The lowest BCUT2D eigenvalue weighted by Crippen LogP contribution is -3.14. The van der Waals surface area contributed by atoms with E-state index in [4.69, 9.17) is 23.2 Å². The molecule has 1 N–H and O–H groups in total. The van der Waals surface area contributed by atoms with Crippen LogP contribution in [0.5, 0.6) is 0 Å². The fourth-order valence-corrected chi connectivity index (χ4v) is 4.21. The third-order valence-electron chi connectivity index (χ3n) is 4.40. The monoisotopic (exact) mass is 381 g/mol. The zero-order valence-corrected chi connectivity index (χ0v) is 16.0. The quantitative estimate of drug-likeness (QED) is 0.599. The molecule has 0 bridgehead atoms. The van der Waals surface area contributed by atoms with E-state index in [-0.39, 0.29) is 0 Å². The van der Waals surface area contributed by atoms with E-state index in [2.05, 4.69) is 29.2 Å². The van der Waals surface area contributed by atoms with Gasteiger partial charge in [0.05, 0.1) is 32.7 Å². The normalized spacial score (nSPS) is 15.7. The van der Waals surface area contributed by atoms with Gasteiger partial charge in [0.15, 0.2) is 0 Å². The van der Waals surface area contributed by atoms with Gasteiger partial charge < -0.3 is 9.80 Å². The molecule has 2 aromatic rings. The molecule has 3 rings (SSSR count). The molecular weight excluding hydrogens is 359 g/mol. The predicted octanol–water partition coefficient (Wildman–Crippen LogP) is 3.88. The fourth-order valence-electron chi connectivity index (χ4n) is 3.05. The molecule has 0 saturated carbocycles. The van der Waals surface area contributed by atoms with Gasteiger partial charge in [-0.05, 0) is 42.5 Å². The van der Waals surface area contributed by atoms with Gasteiger partial charge in [0, 0.05) is 32.8 Å². The van der Waals surface area contributed by atoms with Crippen LogP contribution in [0, 0.1) is 0 Å². The highest BCUT2D eigenvalue weighted by atomic mass is 35.5. The molecule has 5 heteroatoms. The van der Waals surface area contributed by atoms with Crippen molar-refractivity contribution in [2.24, 2.45) is 0 Å². The number of nitrogens with zero attached hydrogens (tertiary/aromatic N) is 1. The number of halogens is 2. The van der Waals surface area contributed by atoms with Crippen LogP contribution in [0.2, 0.25) is 10.0 Å². The number of piperazine rings is 1. The highest BCUT2D eigenvalue weighted by Gasteiger charge is 2.19. The van der Waals surface area contributed by atoms with Gasteiger partial charge in [-0.1, -0.05) is 29.3 Å². The molecule has 0 radical (unpaired) electrons. The van der Waals surface area contributed by atoms with Crippen molar-refractivity contribution in [2.45, 2.75) is 11.3 Å². The maximum Gasteiger partial charge on any atom is 0.0949 e.